The maximum Gasteiger partial charge on any atom is 0.410 e. The molecule has 1 N–H and O–H groups in total. The minimum Gasteiger partial charge on any atom is -0.494 e. The van der Waals surface area contributed by atoms with Gasteiger partial charge in [0.2, 0.25) is 21.8 Å². The van der Waals surface area contributed by atoms with Crippen molar-refractivity contribution in [1.29, 1.82) is 0 Å². The zero-order valence-electron chi connectivity index (χ0n) is 18.9. The lowest BCUT2D eigenvalue weighted by Gasteiger charge is -2.32. The van der Waals surface area contributed by atoms with Crippen molar-refractivity contribution in [3.8, 4) is 28.8 Å². The number of ether oxygens (including phenoxy) is 3. The Bertz CT molecular complexity index is 1230. The minimum atomic E-state index is -3.94. The van der Waals surface area contributed by atoms with Crippen molar-refractivity contribution in [3.05, 3.63) is 36.6 Å². The topological polar surface area (TPSA) is 138 Å². The van der Waals surface area contributed by atoms with Crippen LogP contribution in [-0.4, -0.2) is 73.3 Å². The standard InChI is InChI=1S/C21H25N5O7S/c1-14-9-12-33-21(27)25(14)10-13-34(28,29)24-20-23-22-19(17-8-5-11-32-17)26(20)18-15(30-2)6-4-7-16(18)31-3/h4-8,11,14H,9-10,12-13H2,1-3H3,(H,23,24)/t14-/m0/s1. The average molecular weight is 492 g/mol. The third-order valence-corrected chi connectivity index (χ3v) is 6.62. The summed E-state index contributed by atoms with van der Waals surface area (Å²) >= 11 is 0. The number of carbonyl (C=O) groups is 1. The molecule has 0 spiro atoms. The fraction of sp³-hybridized carbons (Fsp3) is 0.381. The van der Waals surface area contributed by atoms with Gasteiger partial charge in [-0.2, -0.15) is 0 Å². The fourth-order valence-corrected chi connectivity index (χ4v) is 4.58. The summed E-state index contributed by atoms with van der Waals surface area (Å²) in [5, 5.41) is 8.20. The van der Waals surface area contributed by atoms with Crippen LogP contribution >= 0.6 is 0 Å². The molecular formula is C21H25N5O7S. The van der Waals surface area contributed by atoms with Gasteiger partial charge in [-0.15, -0.1) is 10.2 Å². The largest absolute Gasteiger partial charge is 0.494 e. The lowest BCUT2D eigenvalue weighted by molar-refractivity contribution is 0.0521. The number of rotatable bonds is 9. The summed E-state index contributed by atoms with van der Waals surface area (Å²) in [6.07, 6.45) is 1.57. The average Bonchev–Trinajstić information content (AvgIpc) is 3.47. The van der Waals surface area contributed by atoms with Gasteiger partial charge >= 0.3 is 6.09 Å². The Balaban J connectivity index is 1.70. The number of para-hydroxylation sites is 1. The smallest absolute Gasteiger partial charge is 0.410 e. The summed E-state index contributed by atoms with van der Waals surface area (Å²) in [6, 6.07) is 8.36. The second-order valence-electron chi connectivity index (χ2n) is 7.54. The summed E-state index contributed by atoms with van der Waals surface area (Å²) in [5.74, 6) is 0.936. The molecule has 1 aliphatic heterocycles. The van der Waals surface area contributed by atoms with E-state index in [1.807, 2.05) is 6.92 Å². The van der Waals surface area contributed by atoms with Gasteiger partial charge in [0.05, 0.1) is 32.8 Å². The number of nitrogens with zero attached hydrogens (tertiary/aromatic N) is 4. The van der Waals surface area contributed by atoms with Gasteiger partial charge in [-0.05, 0) is 31.2 Å². The first-order chi connectivity index (χ1) is 16.3. The first kappa shape index (κ1) is 23.4. The number of aromatic nitrogens is 3. The number of sulfonamides is 1. The molecule has 3 aromatic rings. The van der Waals surface area contributed by atoms with E-state index in [-0.39, 0.29) is 30.1 Å². The third-order valence-electron chi connectivity index (χ3n) is 5.41. The number of carbonyl (C=O) groups excluding carboxylic acids is 1. The molecule has 1 fully saturated rings. The van der Waals surface area contributed by atoms with E-state index in [0.29, 0.717) is 36.0 Å². The maximum atomic E-state index is 13.0. The number of anilines is 1. The zero-order valence-corrected chi connectivity index (χ0v) is 19.7. The van der Waals surface area contributed by atoms with Gasteiger partial charge in [0, 0.05) is 19.0 Å². The van der Waals surface area contributed by atoms with Gasteiger partial charge in [-0.1, -0.05) is 6.07 Å². The normalized spacial score (nSPS) is 16.3. The molecule has 1 saturated heterocycles. The van der Waals surface area contributed by atoms with Crippen LogP contribution in [0.25, 0.3) is 17.3 Å². The Morgan fingerprint density at radius 3 is 2.50 bits per heavy atom. The van der Waals surface area contributed by atoms with Crippen LogP contribution in [0.15, 0.2) is 41.0 Å². The number of nitrogens with one attached hydrogen (secondary N) is 1. The van der Waals surface area contributed by atoms with E-state index in [9.17, 15) is 13.2 Å². The lowest BCUT2D eigenvalue weighted by Crippen LogP contribution is -2.46. The molecule has 0 saturated carbocycles. The second-order valence-corrected chi connectivity index (χ2v) is 9.38. The highest BCUT2D eigenvalue weighted by atomic mass is 32.2. The van der Waals surface area contributed by atoms with Gasteiger partial charge in [-0.3, -0.25) is 9.29 Å². The molecule has 2 aromatic heterocycles. The van der Waals surface area contributed by atoms with Crippen LogP contribution in [0.5, 0.6) is 11.5 Å². The van der Waals surface area contributed by atoms with Crippen molar-refractivity contribution in [3.63, 3.8) is 0 Å². The van der Waals surface area contributed by atoms with E-state index >= 15 is 0 Å². The molecule has 13 heteroatoms. The quantitative estimate of drug-likeness (QED) is 0.478. The molecule has 1 aliphatic rings. The molecule has 1 atom stereocenters. The predicted molar refractivity (Wildman–Crippen MR) is 122 cm³/mol. The number of furan rings is 1. The summed E-state index contributed by atoms with van der Waals surface area (Å²) in [6.45, 7) is 2.13. The number of hydrogen-bond donors (Lipinski definition) is 1. The molecule has 0 unspecified atom stereocenters. The Morgan fingerprint density at radius 1 is 1.15 bits per heavy atom. The second kappa shape index (κ2) is 9.63. The minimum absolute atomic E-state index is 0.0352. The van der Waals surface area contributed by atoms with E-state index in [2.05, 4.69) is 14.9 Å². The van der Waals surface area contributed by atoms with E-state index in [1.165, 1.54) is 29.9 Å². The molecule has 3 heterocycles. The van der Waals surface area contributed by atoms with Crippen molar-refractivity contribution in [1.82, 2.24) is 19.7 Å². The van der Waals surface area contributed by atoms with Crippen LogP contribution < -0.4 is 14.2 Å². The number of benzene rings is 1. The fourth-order valence-electron chi connectivity index (χ4n) is 3.64. The Hall–Kier alpha value is -3.74. The van der Waals surface area contributed by atoms with E-state index in [4.69, 9.17) is 18.6 Å². The molecule has 12 nitrogen and oxygen atoms in total. The van der Waals surface area contributed by atoms with Crippen molar-refractivity contribution in [2.24, 2.45) is 0 Å². The Kier molecular flexibility index (Phi) is 6.63. The highest BCUT2D eigenvalue weighted by molar-refractivity contribution is 7.92. The van der Waals surface area contributed by atoms with E-state index in [1.54, 1.807) is 30.3 Å². The molecule has 1 aromatic carbocycles. The summed E-state index contributed by atoms with van der Waals surface area (Å²) < 4.78 is 51.4. The molecule has 182 valence electrons. The first-order valence-electron chi connectivity index (χ1n) is 10.5. The van der Waals surface area contributed by atoms with E-state index in [0.717, 1.165) is 0 Å². The van der Waals surface area contributed by atoms with Gasteiger partial charge < -0.3 is 23.5 Å². The van der Waals surface area contributed by atoms with Crippen LogP contribution in [0.3, 0.4) is 0 Å². The zero-order chi connectivity index (χ0) is 24.3. The van der Waals surface area contributed by atoms with Crippen LogP contribution in [0, 0.1) is 0 Å². The molecule has 1 amide bonds. The third kappa shape index (κ3) is 4.64. The predicted octanol–water partition coefficient (Wildman–Crippen LogP) is 2.52. The summed E-state index contributed by atoms with van der Waals surface area (Å²) in [5.41, 5.74) is 0.384. The van der Waals surface area contributed by atoms with Crippen molar-refractivity contribution in [2.45, 2.75) is 19.4 Å². The molecule has 0 aliphatic carbocycles. The summed E-state index contributed by atoms with van der Waals surface area (Å²) in [4.78, 5) is 13.4. The number of methoxy groups -OCH3 is 2. The van der Waals surface area contributed by atoms with E-state index < -0.39 is 16.1 Å². The van der Waals surface area contributed by atoms with Gasteiger partial charge in [0.15, 0.2) is 5.76 Å². The Labute approximate surface area is 196 Å². The number of amides is 1. The van der Waals surface area contributed by atoms with Crippen LogP contribution in [0.1, 0.15) is 13.3 Å². The Morgan fingerprint density at radius 2 is 1.88 bits per heavy atom. The summed E-state index contributed by atoms with van der Waals surface area (Å²) in [7, 11) is -0.973. The molecule has 0 bridgehead atoms. The van der Waals surface area contributed by atoms with Crippen LogP contribution in [0.4, 0.5) is 10.7 Å². The number of cyclic esters (lactones) is 1. The van der Waals surface area contributed by atoms with Crippen molar-refractivity contribution < 1.29 is 31.8 Å². The van der Waals surface area contributed by atoms with Gasteiger partial charge in [-0.25, -0.2) is 13.2 Å². The maximum absolute atomic E-state index is 13.0. The van der Waals surface area contributed by atoms with Crippen LogP contribution in [-0.2, 0) is 14.8 Å². The SMILES string of the molecule is COc1cccc(OC)c1-n1c(NS(=O)(=O)CCN2C(=O)OCC[C@@H]2C)nnc1-c1ccco1. The van der Waals surface area contributed by atoms with Gasteiger partial charge in [0.1, 0.15) is 17.2 Å². The molecule has 4 rings (SSSR count). The van der Waals surface area contributed by atoms with Crippen molar-refractivity contribution >= 4 is 22.1 Å². The highest BCUT2D eigenvalue weighted by Crippen LogP contribution is 2.37. The van der Waals surface area contributed by atoms with Gasteiger partial charge in [0.25, 0.3) is 0 Å². The molecule has 34 heavy (non-hydrogen) atoms. The molecular weight excluding hydrogens is 466 g/mol. The van der Waals surface area contributed by atoms with Crippen molar-refractivity contribution in [2.75, 3.05) is 37.8 Å². The highest BCUT2D eigenvalue weighted by Gasteiger charge is 2.29. The van der Waals surface area contributed by atoms with Crippen LogP contribution in [0.2, 0.25) is 0 Å². The molecule has 0 radical (unpaired) electrons. The number of hydrogen-bond acceptors (Lipinski definition) is 9. The first-order valence-corrected chi connectivity index (χ1v) is 12.1. The monoisotopic (exact) mass is 491 g/mol. The lowest BCUT2D eigenvalue weighted by atomic mass is 10.2.